The van der Waals surface area contributed by atoms with E-state index >= 15 is 0 Å². The van der Waals surface area contributed by atoms with Crippen LogP contribution in [0.3, 0.4) is 0 Å². The molecule has 0 fully saturated rings. The molecule has 1 unspecified atom stereocenters. The smallest absolute Gasteiger partial charge is 0.135 e. The molecular formula is C14H28O. The Bertz CT molecular complexity index is 225. The maximum Gasteiger partial charge on any atom is 0.135 e. The standard InChI is InChI=1S/C14H28O/c1-9-13(5,6)10(2)11(3)14(7,8)12(4)15/h10-11H,9H2,1-8H3/t10-,11?/m0/s1. The quantitative estimate of drug-likeness (QED) is 0.663. The highest BCUT2D eigenvalue weighted by Gasteiger charge is 2.39. The first kappa shape index (κ1) is 14.7. The minimum Gasteiger partial charge on any atom is -0.299 e. The van der Waals surface area contributed by atoms with Gasteiger partial charge in [0.2, 0.25) is 0 Å². The minimum absolute atomic E-state index is 0.203. The van der Waals surface area contributed by atoms with Crippen LogP contribution in [0.15, 0.2) is 0 Å². The third-order valence-electron chi connectivity index (χ3n) is 4.94. The fraction of sp³-hybridized carbons (Fsp3) is 0.929. The second-order valence-corrected chi connectivity index (χ2v) is 6.20. The van der Waals surface area contributed by atoms with Crippen LogP contribution in [-0.4, -0.2) is 5.78 Å². The molecule has 0 aliphatic carbocycles. The fourth-order valence-electron chi connectivity index (χ4n) is 1.94. The normalized spacial score (nSPS) is 17.3. The van der Waals surface area contributed by atoms with Gasteiger partial charge in [0.05, 0.1) is 0 Å². The fourth-order valence-corrected chi connectivity index (χ4v) is 1.94. The molecule has 1 heteroatoms. The monoisotopic (exact) mass is 212 g/mol. The molecule has 0 aromatic carbocycles. The summed E-state index contributed by atoms with van der Waals surface area (Å²) < 4.78 is 0. The van der Waals surface area contributed by atoms with Gasteiger partial charge >= 0.3 is 0 Å². The molecule has 0 saturated heterocycles. The Kier molecular flexibility index (Phi) is 4.57. The molecule has 0 aliphatic rings. The summed E-state index contributed by atoms with van der Waals surface area (Å²) in [5.41, 5.74) is 0.109. The van der Waals surface area contributed by atoms with Crippen LogP contribution in [0.1, 0.15) is 61.8 Å². The molecule has 0 rings (SSSR count). The Balaban J connectivity index is 4.86. The predicted molar refractivity (Wildman–Crippen MR) is 66.9 cm³/mol. The molecule has 0 amide bonds. The molecule has 0 heterocycles. The van der Waals surface area contributed by atoms with Crippen LogP contribution in [0, 0.1) is 22.7 Å². The molecular weight excluding hydrogens is 184 g/mol. The van der Waals surface area contributed by atoms with E-state index in [4.69, 9.17) is 0 Å². The molecule has 15 heavy (non-hydrogen) atoms. The Morgan fingerprint density at radius 2 is 1.47 bits per heavy atom. The molecule has 0 spiro atoms. The van der Waals surface area contributed by atoms with Crippen molar-refractivity contribution in [2.24, 2.45) is 22.7 Å². The zero-order chi connectivity index (χ0) is 12.4. The van der Waals surface area contributed by atoms with E-state index in [-0.39, 0.29) is 5.41 Å². The maximum atomic E-state index is 11.6. The highest BCUT2D eigenvalue weighted by Crippen LogP contribution is 2.43. The molecule has 2 atom stereocenters. The number of hydrogen-bond acceptors (Lipinski definition) is 1. The van der Waals surface area contributed by atoms with Crippen molar-refractivity contribution in [1.29, 1.82) is 0 Å². The summed E-state index contributed by atoms with van der Waals surface area (Å²) in [6.45, 7) is 17.2. The summed E-state index contributed by atoms with van der Waals surface area (Å²) in [6.07, 6.45) is 1.16. The van der Waals surface area contributed by atoms with E-state index < -0.39 is 0 Å². The van der Waals surface area contributed by atoms with E-state index in [1.807, 2.05) is 0 Å². The van der Waals surface area contributed by atoms with Crippen molar-refractivity contribution in [1.82, 2.24) is 0 Å². The summed E-state index contributed by atoms with van der Waals surface area (Å²) in [7, 11) is 0. The largest absolute Gasteiger partial charge is 0.299 e. The highest BCUT2D eigenvalue weighted by atomic mass is 16.1. The number of rotatable bonds is 5. The summed E-state index contributed by atoms with van der Waals surface area (Å²) >= 11 is 0. The van der Waals surface area contributed by atoms with Gasteiger partial charge in [-0.25, -0.2) is 0 Å². The van der Waals surface area contributed by atoms with Crippen LogP contribution in [0.2, 0.25) is 0 Å². The van der Waals surface area contributed by atoms with Crippen molar-refractivity contribution in [2.75, 3.05) is 0 Å². The maximum absolute atomic E-state index is 11.6. The predicted octanol–water partition coefficient (Wildman–Crippen LogP) is 4.31. The van der Waals surface area contributed by atoms with Crippen LogP contribution in [0.25, 0.3) is 0 Å². The van der Waals surface area contributed by atoms with E-state index in [0.717, 1.165) is 6.42 Å². The van der Waals surface area contributed by atoms with Crippen LogP contribution in [-0.2, 0) is 4.79 Å². The van der Waals surface area contributed by atoms with Gasteiger partial charge in [-0.15, -0.1) is 0 Å². The zero-order valence-corrected chi connectivity index (χ0v) is 11.8. The summed E-state index contributed by atoms with van der Waals surface area (Å²) in [6, 6.07) is 0. The van der Waals surface area contributed by atoms with Gasteiger partial charge < -0.3 is 0 Å². The average Bonchev–Trinajstić information content (AvgIpc) is 2.15. The van der Waals surface area contributed by atoms with Crippen molar-refractivity contribution in [2.45, 2.75) is 61.8 Å². The molecule has 0 aromatic rings. The van der Waals surface area contributed by atoms with Gasteiger partial charge in [0.1, 0.15) is 5.78 Å². The van der Waals surface area contributed by atoms with Gasteiger partial charge in [-0.3, -0.25) is 4.79 Å². The highest BCUT2D eigenvalue weighted by molar-refractivity contribution is 5.81. The molecule has 0 N–H and O–H groups in total. The van der Waals surface area contributed by atoms with E-state index in [1.165, 1.54) is 0 Å². The third-order valence-corrected chi connectivity index (χ3v) is 4.94. The molecule has 0 aromatic heterocycles. The van der Waals surface area contributed by atoms with Crippen LogP contribution >= 0.6 is 0 Å². The lowest BCUT2D eigenvalue weighted by Gasteiger charge is -2.41. The molecule has 0 radical (unpaired) electrons. The van der Waals surface area contributed by atoms with E-state index in [0.29, 0.717) is 23.0 Å². The number of hydrogen-bond donors (Lipinski definition) is 0. The lowest BCUT2D eigenvalue weighted by molar-refractivity contribution is -0.129. The van der Waals surface area contributed by atoms with Gasteiger partial charge in [0.25, 0.3) is 0 Å². The Labute approximate surface area is 95.6 Å². The van der Waals surface area contributed by atoms with Crippen LogP contribution in [0.4, 0.5) is 0 Å². The number of carbonyl (C=O) groups excluding carboxylic acids is 1. The summed E-state index contributed by atoms with van der Waals surface area (Å²) in [4.78, 5) is 11.6. The number of ketones is 1. The average molecular weight is 212 g/mol. The van der Waals surface area contributed by atoms with Gasteiger partial charge in [-0.2, -0.15) is 0 Å². The molecule has 0 aliphatic heterocycles. The van der Waals surface area contributed by atoms with Crippen molar-refractivity contribution in [3.8, 4) is 0 Å². The Morgan fingerprint density at radius 1 is 1.07 bits per heavy atom. The lowest BCUT2D eigenvalue weighted by atomic mass is 9.62. The number of carbonyl (C=O) groups is 1. The van der Waals surface area contributed by atoms with E-state index in [2.05, 4.69) is 48.5 Å². The lowest BCUT2D eigenvalue weighted by Crippen LogP contribution is -2.38. The number of Topliss-reactive ketones (excluding diaryl/α,β-unsaturated/α-hetero) is 1. The van der Waals surface area contributed by atoms with Crippen LogP contribution < -0.4 is 0 Å². The van der Waals surface area contributed by atoms with Crippen molar-refractivity contribution in [3.63, 3.8) is 0 Å². The van der Waals surface area contributed by atoms with Crippen molar-refractivity contribution >= 4 is 5.78 Å². The summed E-state index contributed by atoms with van der Waals surface area (Å²) in [5, 5.41) is 0. The second-order valence-electron chi connectivity index (χ2n) is 6.20. The Hall–Kier alpha value is -0.330. The second kappa shape index (κ2) is 4.67. The van der Waals surface area contributed by atoms with E-state index in [1.54, 1.807) is 6.92 Å². The van der Waals surface area contributed by atoms with Gasteiger partial charge in [-0.1, -0.05) is 54.9 Å². The van der Waals surface area contributed by atoms with Crippen molar-refractivity contribution < 1.29 is 4.79 Å². The first-order valence-corrected chi connectivity index (χ1v) is 6.08. The first-order chi connectivity index (χ1) is 6.57. The minimum atomic E-state index is -0.203. The summed E-state index contributed by atoms with van der Waals surface area (Å²) in [5.74, 6) is 1.28. The van der Waals surface area contributed by atoms with Gasteiger partial charge in [-0.05, 0) is 24.2 Å². The topological polar surface area (TPSA) is 17.1 Å². The van der Waals surface area contributed by atoms with Gasteiger partial charge in [0, 0.05) is 5.41 Å². The van der Waals surface area contributed by atoms with Gasteiger partial charge in [0.15, 0.2) is 0 Å². The zero-order valence-electron chi connectivity index (χ0n) is 11.8. The van der Waals surface area contributed by atoms with E-state index in [9.17, 15) is 4.79 Å². The van der Waals surface area contributed by atoms with Crippen molar-refractivity contribution in [3.05, 3.63) is 0 Å². The SMILES string of the molecule is CCC(C)(C)[C@@H](C)C(C)C(C)(C)C(C)=O. The van der Waals surface area contributed by atoms with Crippen LogP contribution in [0.5, 0.6) is 0 Å². The first-order valence-electron chi connectivity index (χ1n) is 6.08. The molecule has 1 nitrogen and oxygen atoms in total. The third kappa shape index (κ3) is 3.06. The molecule has 0 bridgehead atoms. The molecule has 90 valence electrons. The Morgan fingerprint density at radius 3 is 1.73 bits per heavy atom. The molecule has 0 saturated carbocycles.